The van der Waals surface area contributed by atoms with E-state index in [0.717, 1.165) is 11.8 Å². The van der Waals surface area contributed by atoms with Gasteiger partial charge in [-0.25, -0.2) is 0 Å². The van der Waals surface area contributed by atoms with Crippen molar-refractivity contribution in [3.63, 3.8) is 0 Å². The number of benzene rings is 3. The van der Waals surface area contributed by atoms with Crippen LogP contribution in [0, 0.1) is 0 Å². The van der Waals surface area contributed by atoms with Crippen LogP contribution in [0.25, 0.3) is 0 Å². The van der Waals surface area contributed by atoms with E-state index in [1.165, 1.54) is 105 Å². The van der Waals surface area contributed by atoms with Gasteiger partial charge in [-0.05, 0) is 73.0 Å². The molecule has 3 aromatic rings. The summed E-state index contributed by atoms with van der Waals surface area (Å²) in [4.78, 5) is 0. The van der Waals surface area contributed by atoms with E-state index in [-0.39, 0.29) is 0 Å². The Morgan fingerprint density at radius 3 is 1.35 bits per heavy atom. The van der Waals surface area contributed by atoms with Crippen LogP contribution >= 0.6 is 0 Å². The quantitative estimate of drug-likeness (QED) is 0.264. The van der Waals surface area contributed by atoms with Crippen LogP contribution in [0.1, 0.15) is 132 Å². The van der Waals surface area contributed by atoms with Crippen molar-refractivity contribution in [2.45, 2.75) is 115 Å². The molecule has 0 spiro atoms. The molecule has 5 rings (SSSR count). The maximum atomic E-state index is 2.44. The second kappa shape index (κ2) is 13.0. The Balaban J connectivity index is 1.45. The third kappa shape index (κ3) is 6.42. The molecule has 37 heavy (non-hydrogen) atoms. The van der Waals surface area contributed by atoms with Crippen molar-refractivity contribution in [3.8, 4) is 0 Å². The molecule has 0 N–H and O–H groups in total. The van der Waals surface area contributed by atoms with E-state index < -0.39 is 0 Å². The highest BCUT2D eigenvalue weighted by Crippen LogP contribution is 2.33. The largest absolute Gasteiger partial charge is 0.241 e. The number of hydrogen-bond donors (Lipinski definition) is 0. The molecule has 1 heteroatoms. The molecule has 0 aromatic heterocycles. The first-order chi connectivity index (χ1) is 18.3. The minimum atomic E-state index is 0.293. The average Bonchev–Trinajstić information content (AvgIpc) is 2.98. The molecule has 1 unspecified atom stereocenters. The van der Waals surface area contributed by atoms with Crippen LogP contribution in [0.3, 0.4) is 0 Å². The van der Waals surface area contributed by atoms with Crippen LogP contribution in [0.15, 0.2) is 72.8 Å². The van der Waals surface area contributed by atoms with Gasteiger partial charge in [0.25, 0.3) is 0 Å². The van der Waals surface area contributed by atoms with Crippen molar-refractivity contribution in [2.24, 2.45) is 0 Å². The summed E-state index contributed by atoms with van der Waals surface area (Å²) in [7, 11) is 0. The second-order valence-electron chi connectivity index (χ2n) is 12.0. The van der Waals surface area contributed by atoms with Gasteiger partial charge in [0.1, 0.15) is 0 Å². The first kappa shape index (κ1) is 26.3. The van der Waals surface area contributed by atoms with Crippen LogP contribution < -0.4 is 16.4 Å². The van der Waals surface area contributed by atoms with Gasteiger partial charge in [-0.3, -0.25) is 0 Å². The molecule has 2 aliphatic rings. The first-order valence-corrected chi connectivity index (χ1v) is 15.6. The lowest BCUT2D eigenvalue weighted by Crippen LogP contribution is -2.52. The molecule has 2 aliphatic carbocycles. The monoisotopic (exact) mass is 490 g/mol. The Hall–Kier alpha value is -2.28. The zero-order chi connectivity index (χ0) is 25.5. The summed E-state index contributed by atoms with van der Waals surface area (Å²) >= 11 is 0. The van der Waals surface area contributed by atoms with E-state index in [2.05, 4.69) is 86.6 Å². The predicted molar refractivity (Wildman–Crippen MR) is 164 cm³/mol. The van der Waals surface area contributed by atoms with Gasteiger partial charge in [-0.2, -0.15) is 0 Å². The fourth-order valence-electron chi connectivity index (χ4n) is 7.29. The van der Waals surface area contributed by atoms with E-state index >= 15 is 0 Å². The van der Waals surface area contributed by atoms with E-state index in [1.54, 1.807) is 11.1 Å². The molecule has 0 radical (unpaired) electrons. The summed E-state index contributed by atoms with van der Waals surface area (Å²) in [6.45, 7) is 4.93. The van der Waals surface area contributed by atoms with Crippen LogP contribution in [0.5, 0.6) is 0 Å². The van der Waals surface area contributed by atoms with E-state index in [4.69, 9.17) is 0 Å². The molecule has 194 valence electrons. The number of hydrogen-bond acceptors (Lipinski definition) is 0. The maximum Gasteiger partial charge on any atom is 0.241 e. The Morgan fingerprint density at radius 1 is 0.568 bits per heavy atom. The van der Waals surface area contributed by atoms with E-state index in [0.29, 0.717) is 12.6 Å². The van der Waals surface area contributed by atoms with Gasteiger partial charge in [-0.1, -0.05) is 148 Å². The van der Waals surface area contributed by atoms with Crippen molar-refractivity contribution >= 4 is 23.1 Å². The Kier molecular flexibility index (Phi) is 9.25. The smallest absolute Gasteiger partial charge is 0.0686 e. The maximum absolute atomic E-state index is 2.44. The Morgan fingerprint density at radius 2 is 0.973 bits per heavy atom. The average molecular weight is 491 g/mol. The van der Waals surface area contributed by atoms with Gasteiger partial charge < -0.3 is 0 Å². The highest BCUT2D eigenvalue weighted by atomic mass is 14.2. The molecule has 0 saturated heterocycles. The summed E-state index contributed by atoms with van der Waals surface area (Å²) in [6.07, 6.45) is 17.6. The summed E-state index contributed by atoms with van der Waals surface area (Å²) in [6, 6.07) is 29.2. The van der Waals surface area contributed by atoms with Crippen LogP contribution in [0.2, 0.25) is 0 Å². The van der Waals surface area contributed by atoms with Crippen molar-refractivity contribution in [3.05, 3.63) is 89.5 Å². The summed E-state index contributed by atoms with van der Waals surface area (Å²) in [5.74, 6) is 2.21. The fourth-order valence-corrected chi connectivity index (χ4v) is 7.29. The van der Waals surface area contributed by atoms with Gasteiger partial charge in [-0.15, -0.1) is 0 Å². The van der Waals surface area contributed by atoms with Gasteiger partial charge in [0.15, 0.2) is 0 Å². The lowest BCUT2D eigenvalue weighted by Gasteiger charge is -2.24. The highest BCUT2D eigenvalue weighted by Gasteiger charge is 2.24. The minimum absolute atomic E-state index is 0.293. The second-order valence-corrected chi connectivity index (χ2v) is 12.0. The number of rotatable bonds is 9. The Labute approximate surface area is 227 Å². The molecule has 1 atom stereocenters. The lowest BCUT2D eigenvalue weighted by atomic mass is 9.36. The summed E-state index contributed by atoms with van der Waals surface area (Å²) in [5.41, 5.74) is 8.89. The zero-order valence-electron chi connectivity index (χ0n) is 23.4. The van der Waals surface area contributed by atoms with Crippen molar-refractivity contribution in [2.75, 3.05) is 0 Å². The fraction of sp³-hybridized carbons (Fsp3) is 0.500. The standard InChI is InChI=1S/C36H47B/c1-3-11-28(4-2)31-16-22-34(23-17-31)37(35-24-18-32(19-25-35)29-12-7-5-8-13-29)36-26-20-33(21-27-36)30-14-9-6-10-15-30/h16-30H,3-15H2,1-2H3. The van der Waals surface area contributed by atoms with Crippen molar-refractivity contribution in [1.82, 2.24) is 0 Å². The van der Waals surface area contributed by atoms with Crippen LogP contribution in [-0.2, 0) is 0 Å². The van der Waals surface area contributed by atoms with Crippen LogP contribution in [-0.4, -0.2) is 6.71 Å². The van der Waals surface area contributed by atoms with Gasteiger partial charge >= 0.3 is 0 Å². The summed E-state index contributed by atoms with van der Waals surface area (Å²) in [5, 5.41) is 0. The first-order valence-electron chi connectivity index (χ1n) is 15.6. The topological polar surface area (TPSA) is 0 Å². The Bertz CT molecular complexity index is 939. The van der Waals surface area contributed by atoms with Gasteiger partial charge in [0, 0.05) is 0 Å². The molecule has 0 aliphatic heterocycles. The van der Waals surface area contributed by atoms with E-state index in [1.807, 2.05) is 0 Å². The van der Waals surface area contributed by atoms with E-state index in [9.17, 15) is 0 Å². The highest BCUT2D eigenvalue weighted by molar-refractivity contribution is 6.95. The van der Waals surface area contributed by atoms with Crippen molar-refractivity contribution < 1.29 is 0 Å². The molecule has 2 fully saturated rings. The molecular formula is C36H47B. The molecule has 0 amide bonds. The van der Waals surface area contributed by atoms with Gasteiger partial charge in [0.2, 0.25) is 6.71 Å². The third-order valence-corrected chi connectivity index (χ3v) is 9.56. The lowest BCUT2D eigenvalue weighted by molar-refractivity contribution is 0.443. The molecule has 0 nitrogen and oxygen atoms in total. The van der Waals surface area contributed by atoms with Crippen molar-refractivity contribution in [1.29, 1.82) is 0 Å². The summed E-state index contributed by atoms with van der Waals surface area (Å²) < 4.78 is 0. The van der Waals surface area contributed by atoms with Gasteiger partial charge in [0.05, 0.1) is 0 Å². The SMILES string of the molecule is CCCC(CC)c1ccc(B(c2ccc(C3CCCCC3)cc2)c2ccc(C3CCCCC3)cc2)cc1. The molecule has 3 aromatic carbocycles. The molecule has 2 saturated carbocycles. The molecular weight excluding hydrogens is 443 g/mol. The molecule has 0 bridgehead atoms. The minimum Gasteiger partial charge on any atom is -0.0686 e. The van der Waals surface area contributed by atoms with Crippen LogP contribution in [0.4, 0.5) is 0 Å². The molecule has 0 heterocycles. The predicted octanol–water partition coefficient (Wildman–Crippen LogP) is 8.59. The normalized spacial score (nSPS) is 18.0. The zero-order valence-corrected chi connectivity index (χ0v) is 23.4. The third-order valence-electron chi connectivity index (χ3n) is 9.56.